The van der Waals surface area contributed by atoms with Crippen LogP contribution in [0.4, 0.5) is 0 Å². The third-order valence-electron chi connectivity index (χ3n) is 3.26. The minimum atomic E-state index is -1.95. The third kappa shape index (κ3) is 7.46. The van der Waals surface area contributed by atoms with Crippen LogP contribution in [0.15, 0.2) is 0 Å². The van der Waals surface area contributed by atoms with E-state index in [0.29, 0.717) is 6.61 Å². The summed E-state index contributed by atoms with van der Waals surface area (Å²) in [5.41, 5.74) is 6.42. The monoisotopic (exact) mass is 393 g/mol. The summed E-state index contributed by atoms with van der Waals surface area (Å²) in [6.07, 6.45) is -1.73. The van der Waals surface area contributed by atoms with Crippen LogP contribution >= 0.6 is 0 Å². The zero-order chi connectivity index (χ0) is 18.9. The molecule has 3 unspecified atom stereocenters. The van der Waals surface area contributed by atoms with Crippen LogP contribution in [-0.2, 0) is 22.8 Å². The minimum absolute atomic E-state index is 0.313. The second-order valence-electron chi connectivity index (χ2n) is 9.32. The van der Waals surface area contributed by atoms with E-state index in [4.69, 9.17) is 23.7 Å². The standard InChI is InChI=1S/C15H35NO5Si3/c1-22(2,3)18-10-11-12(16)13(20-23(4,5)6)14(15(17)19-11)21-24(7,8)9/h11-14H,10,16H2,1-9H3/t11?,12-,13?,14?/m1/s1. The summed E-state index contributed by atoms with van der Waals surface area (Å²) in [4.78, 5) is 12.6. The van der Waals surface area contributed by atoms with Crippen LogP contribution in [0, 0.1) is 0 Å². The van der Waals surface area contributed by atoms with Crippen molar-refractivity contribution in [2.24, 2.45) is 5.73 Å². The van der Waals surface area contributed by atoms with E-state index in [1.54, 1.807) is 0 Å². The zero-order valence-corrected chi connectivity index (χ0v) is 19.6. The van der Waals surface area contributed by atoms with E-state index in [1.165, 1.54) is 0 Å². The summed E-state index contributed by atoms with van der Waals surface area (Å²) in [6, 6.07) is -0.452. The molecule has 9 heteroatoms. The van der Waals surface area contributed by atoms with Crippen molar-refractivity contribution in [1.29, 1.82) is 0 Å². The maximum absolute atomic E-state index is 12.6. The first-order chi connectivity index (χ1) is 10.6. The van der Waals surface area contributed by atoms with E-state index in [9.17, 15) is 4.79 Å². The molecule has 4 atom stereocenters. The van der Waals surface area contributed by atoms with Crippen molar-refractivity contribution < 1.29 is 22.8 Å². The molecule has 1 aliphatic rings. The molecule has 0 bridgehead atoms. The minimum Gasteiger partial charge on any atom is -0.456 e. The quantitative estimate of drug-likeness (QED) is 0.529. The van der Waals surface area contributed by atoms with Crippen molar-refractivity contribution in [3.63, 3.8) is 0 Å². The van der Waals surface area contributed by atoms with E-state index in [-0.39, 0.29) is 5.97 Å². The zero-order valence-electron chi connectivity index (χ0n) is 16.6. The molecular weight excluding hydrogens is 358 g/mol. The molecule has 0 amide bonds. The number of hydrogen-bond acceptors (Lipinski definition) is 6. The number of nitrogens with two attached hydrogens (primary N) is 1. The maximum Gasteiger partial charge on any atom is 0.337 e. The van der Waals surface area contributed by atoms with Gasteiger partial charge in [0, 0.05) is 0 Å². The van der Waals surface area contributed by atoms with E-state index in [1.807, 2.05) is 19.6 Å². The normalized spacial score (nSPS) is 29.5. The molecule has 1 aliphatic heterocycles. The number of cyclic esters (lactones) is 1. The molecule has 24 heavy (non-hydrogen) atoms. The Kier molecular flexibility index (Phi) is 7.04. The fraction of sp³-hybridized carbons (Fsp3) is 0.933. The molecule has 1 heterocycles. The Morgan fingerprint density at radius 1 is 0.917 bits per heavy atom. The van der Waals surface area contributed by atoms with Gasteiger partial charge in [-0.15, -0.1) is 0 Å². The van der Waals surface area contributed by atoms with Crippen LogP contribution in [-0.4, -0.2) is 61.9 Å². The van der Waals surface area contributed by atoms with Crippen molar-refractivity contribution in [3.05, 3.63) is 0 Å². The predicted molar refractivity (Wildman–Crippen MR) is 104 cm³/mol. The highest BCUT2D eigenvalue weighted by Crippen LogP contribution is 2.26. The summed E-state index contributed by atoms with van der Waals surface area (Å²) in [7, 11) is -5.58. The molecule has 2 N–H and O–H groups in total. The Morgan fingerprint density at radius 2 is 1.42 bits per heavy atom. The molecule has 0 radical (unpaired) electrons. The van der Waals surface area contributed by atoms with Gasteiger partial charge in [0.2, 0.25) is 0 Å². The van der Waals surface area contributed by atoms with Gasteiger partial charge >= 0.3 is 5.97 Å². The SMILES string of the molecule is C[Si](C)(C)OCC1OC(=O)C(O[Si](C)(C)C)C(O[Si](C)(C)C)[C@@H]1N. The maximum atomic E-state index is 12.6. The van der Waals surface area contributed by atoms with Crippen molar-refractivity contribution in [2.45, 2.75) is 83.3 Å². The number of carbonyl (C=O) groups is 1. The molecule has 0 aromatic carbocycles. The van der Waals surface area contributed by atoms with E-state index in [0.717, 1.165) is 0 Å². The number of ether oxygens (including phenoxy) is 1. The van der Waals surface area contributed by atoms with Gasteiger partial charge in [0.05, 0.1) is 18.8 Å². The summed E-state index contributed by atoms with van der Waals surface area (Å²) in [5, 5.41) is 0. The van der Waals surface area contributed by atoms with E-state index >= 15 is 0 Å². The first-order valence-electron chi connectivity index (χ1n) is 8.55. The number of rotatable bonds is 7. The van der Waals surface area contributed by atoms with Gasteiger partial charge in [-0.05, 0) is 58.9 Å². The highest BCUT2D eigenvalue weighted by Gasteiger charge is 2.48. The number of carbonyl (C=O) groups excluding carboxylic acids is 1. The van der Waals surface area contributed by atoms with Crippen molar-refractivity contribution in [1.82, 2.24) is 0 Å². The number of esters is 1. The first kappa shape index (κ1) is 22.0. The summed E-state index contributed by atoms with van der Waals surface area (Å²) >= 11 is 0. The molecule has 0 aliphatic carbocycles. The summed E-state index contributed by atoms with van der Waals surface area (Å²) in [5.74, 6) is -0.383. The second-order valence-corrected chi connectivity index (χ2v) is 22.8. The van der Waals surface area contributed by atoms with Gasteiger partial charge in [-0.1, -0.05) is 0 Å². The highest BCUT2D eigenvalue weighted by atomic mass is 28.4. The lowest BCUT2D eigenvalue weighted by atomic mass is 9.98. The van der Waals surface area contributed by atoms with Crippen LogP contribution in [0.25, 0.3) is 0 Å². The molecule has 142 valence electrons. The molecule has 0 saturated carbocycles. The Hall–Kier alpha value is -0.0394. The molecule has 0 aromatic rings. The average molecular weight is 394 g/mol. The Bertz CT molecular complexity index is 442. The van der Waals surface area contributed by atoms with Gasteiger partial charge in [-0.25, -0.2) is 4.79 Å². The van der Waals surface area contributed by atoms with Crippen LogP contribution in [0.2, 0.25) is 58.9 Å². The highest BCUT2D eigenvalue weighted by molar-refractivity contribution is 6.70. The molecular formula is C15H35NO5Si3. The molecule has 1 saturated heterocycles. The fourth-order valence-electron chi connectivity index (χ4n) is 2.36. The fourth-order valence-corrected chi connectivity index (χ4v) is 5.12. The lowest BCUT2D eigenvalue weighted by Gasteiger charge is -2.44. The molecule has 1 fully saturated rings. The van der Waals surface area contributed by atoms with Crippen LogP contribution in [0.3, 0.4) is 0 Å². The Morgan fingerprint density at radius 3 is 1.83 bits per heavy atom. The largest absolute Gasteiger partial charge is 0.456 e. The lowest BCUT2D eigenvalue weighted by molar-refractivity contribution is -0.181. The van der Waals surface area contributed by atoms with Gasteiger partial charge in [0.1, 0.15) is 6.10 Å². The van der Waals surface area contributed by atoms with Crippen LogP contribution < -0.4 is 5.73 Å². The van der Waals surface area contributed by atoms with Crippen LogP contribution in [0.1, 0.15) is 0 Å². The Labute approximate surface area is 149 Å². The third-order valence-corrected chi connectivity index (χ3v) is 6.23. The van der Waals surface area contributed by atoms with Crippen molar-refractivity contribution in [3.8, 4) is 0 Å². The lowest BCUT2D eigenvalue weighted by Crippen LogP contribution is -2.65. The van der Waals surface area contributed by atoms with Crippen molar-refractivity contribution >= 4 is 30.9 Å². The average Bonchev–Trinajstić information content (AvgIpc) is 2.32. The Balaban J connectivity index is 2.98. The summed E-state index contributed by atoms with van der Waals surface area (Å²) < 4.78 is 23.8. The van der Waals surface area contributed by atoms with E-state index in [2.05, 4.69) is 39.3 Å². The van der Waals surface area contributed by atoms with Gasteiger partial charge in [-0.3, -0.25) is 0 Å². The molecule has 1 rings (SSSR count). The van der Waals surface area contributed by atoms with Gasteiger partial charge < -0.3 is 23.7 Å². The second kappa shape index (κ2) is 7.68. The molecule has 0 spiro atoms. The topological polar surface area (TPSA) is 80.0 Å². The number of hydrogen-bond donors (Lipinski definition) is 1. The van der Waals surface area contributed by atoms with Crippen molar-refractivity contribution in [2.75, 3.05) is 6.61 Å². The van der Waals surface area contributed by atoms with E-state index < -0.39 is 49.3 Å². The smallest absolute Gasteiger partial charge is 0.337 e. The predicted octanol–water partition coefficient (Wildman–Crippen LogP) is 2.53. The molecule has 6 nitrogen and oxygen atoms in total. The summed E-state index contributed by atoms with van der Waals surface area (Å²) in [6.45, 7) is 19.0. The molecule has 0 aromatic heterocycles. The van der Waals surface area contributed by atoms with Crippen LogP contribution in [0.5, 0.6) is 0 Å². The first-order valence-corrected chi connectivity index (χ1v) is 18.8. The van der Waals surface area contributed by atoms with Gasteiger partial charge in [-0.2, -0.15) is 0 Å². The van der Waals surface area contributed by atoms with Gasteiger partial charge in [0.15, 0.2) is 31.1 Å². The van der Waals surface area contributed by atoms with Gasteiger partial charge in [0.25, 0.3) is 0 Å².